The minimum Gasteiger partial charge on any atom is -0.481 e. The molecule has 2 saturated heterocycles. The number of piperidine rings is 1. The molecule has 2 atom stereocenters. The number of amides is 1. The number of benzene rings is 1. The summed E-state index contributed by atoms with van der Waals surface area (Å²) in [7, 11) is 1.95. The Kier molecular flexibility index (Phi) is 4.26. The van der Waals surface area contributed by atoms with Gasteiger partial charge in [-0.25, -0.2) is 0 Å². The first-order valence-corrected chi connectivity index (χ1v) is 9.47. The fraction of sp³-hybridized carbons (Fsp3) is 0.524. The maximum absolute atomic E-state index is 13.0. The van der Waals surface area contributed by atoms with Gasteiger partial charge in [0.15, 0.2) is 0 Å². The van der Waals surface area contributed by atoms with Gasteiger partial charge in [0.1, 0.15) is 11.0 Å². The van der Waals surface area contributed by atoms with Crippen molar-refractivity contribution in [3.8, 4) is 0 Å². The second-order valence-electron chi connectivity index (χ2n) is 8.35. The van der Waals surface area contributed by atoms with Crippen molar-refractivity contribution in [1.29, 1.82) is 0 Å². The van der Waals surface area contributed by atoms with Crippen LogP contribution in [0.2, 0.25) is 0 Å². The van der Waals surface area contributed by atoms with Crippen molar-refractivity contribution in [2.75, 3.05) is 33.2 Å². The van der Waals surface area contributed by atoms with Crippen LogP contribution < -0.4 is 0 Å². The van der Waals surface area contributed by atoms with E-state index in [4.69, 9.17) is 4.42 Å². The van der Waals surface area contributed by atoms with Crippen LogP contribution in [0.15, 0.2) is 22.8 Å². The van der Waals surface area contributed by atoms with Gasteiger partial charge in [-0.15, -0.1) is 0 Å². The molecule has 1 aromatic carbocycles. The highest BCUT2D eigenvalue weighted by Gasteiger charge is 2.55. The Bertz CT molecular complexity index is 918. The number of carboxylic acid groups (broad SMARTS) is 1. The first-order chi connectivity index (χ1) is 12.8. The summed E-state index contributed by atoms with van der Waals surface area (Å²) in [5.74, 6) is -0.773. The summed E-state index contributed by atoms with van der Waals surface area (Å²) >= 11 is 0. The fourth-order valence-corrected chi connectivity index (χ4v) is 4.99. The molecule has 0 bridgehead atoms. The van der Waals surface area contributed by atoms with Crippen LogP contribution in [-0.2, 0) is 16.0 Å². The summed E-state index contributed by atoms with van der Waals surface area (Å²) in [6.45, 7) is 6.26. The van der Waals surface area contributed by atoms with Crippen molar-refractivity contribution in [1.82, 2.24) is 9.80 Å². The Hall–Kier alpha value is -2.34. The van der Waals surface area contributed by atoms with Gasteiger partial charge in [-0.2, -0.15) is 0 Å². The van der Waals surface area contributed by atoms with E-state index in [1.165, 1.54) is 0 Å². The molecule has 0 radical (unpaired) electrons. The van der Waals surface area contributed by atoms with Crippen LogP contribution in [0.5, 0.6) is 0 Å². The molecule has 0 spiro atoms. The van der Waals surface area contributed by atoms with Crippen molar-refractivity contribution >= 4 is 22.8 Å². The Balaban J connectivity index is 1.57. The predicted molar refractivity (Wildman–Crippen MR) is 102 cm³/mol. The van der Waals surface area contributed by atoms with Crippen molar-refractivity contribution in [2.45, 2.75) is 26.7 Å². The van der Waals surface area contributed by atoms with E-state index in [9.17, 15) is 14.7 Å². The first-order valence-electron chi connectivity index (χ1n) is 9.47. The van der Waals surface area contributed by atoms with Gasteiger partial charge in [0, 0.05) is 30.6 Å². The lowest BCUT2D eigenvalue weighted by Gasteiger charge is -2.39. The monoisotopic (exact) mass is 370 g/mol. The molecule has 1 aromatic heterocycles. The number of furan rings is 1. The third-order valence-electron chi connectivity index (χ3n) is 6.32. The molecular formula is C21H26N2O4. The summed E-state index contributed by atoms with van der Waals surface area (Å²) in [6, 6.07) is 4.07. The highest BCUT2D eigenvalue weighted by molar-refractivity contribution is 5.90. The van der Waals surface area contributed by atoms with Crippen molar-refractivity contribution in [3.63, 3.8) is 0 Å². The number of hydrogen-bond donors (Lipinski definition) is 1. The van der Waals surface area contributed by atoms with Gasteiger partial charge < -0.3 is 19.3 Å². The number of aryl methyl sites for hydroxylation is 2. The first kappa shape index (κ1) is 18.0. The molecule has 27 heavy (non-hydrogen) atoms. The van der Waals surface area contributed by atoms with Crippen LogP contribution in [0.3, 0.4) is 0 Å². The van der Waals surface area contributed by atoms with E-state index in [0.717, 1.165) is 40.6 Å². The SMILES string of the molecule is Cc1cc(C)c2c(CC(=O)N3C[C@@H]4CCN(C)C[C@]4(C(=O)O)C3)coc2c1. The number of carboxylic acids is 1. The summed E-state index contributed by atoms with van der Waals surface area (Å²) in [5, 5.41) is 10.9. The van der Waals surface area contributed by atoms with Gasteiger partial charge in [0.25, 0.3) is 0 Å². The Labute approximate surface area is 158 Å². The van der Waals surface area contributed by atoms with Crippen LogP contribution in [0, 0.1) is 25.2 Å². The van der Waals surface area contributed by atoms with E-state index in [0.29, 0.717) is 19.6 Å². The van der Waals surface area contributed by atoms with Crippen LogP contribution >= 0.6 is 0 Å². The molecule has 0 unspecified atom stereocenters. The average Bonchev–Trinajstić information content (AvgIpc) is 3.16. The normalized spacial score (nSPS) is 25.7. The molecule has 3 heterocycles. The highest BCUT2D eigenvalue weighted by Crippen LogP contribution is 2.42. The number of aliphatic carboxylic acids is 1. The quantitative estimate of drug-likeness (QED) is 0.898. The van der Waals surface area contributed by atoms with Crippen molar-refractivity contribution in [2.24, 2.45) is 11.3 Å². The van der Waals surface area contributed by atoms with E-state index < -0.39 is 11.4 Å². The van der Waals surface area contributed by atoms with Crippen molar-refractivity contribution < 1.29 is 19.1 Å². The number of carbonyl (C=O) groups excluding carboxylic acids is 1. The molecule has 6 nitrogen and oxygen atoms in total. The van der Waals surface area contributed by atoms with E-state index in [2.05, 4.69) is 11.0 Å². The van der Waals surface area contributed by atoms with Gasteiger partial charge in [-0.05, 0) is 57.0 Å². The van der Waals surface area contributed by atoms with Crippen LogP contribution in [0.25, 0.3) is 11.0 Å². The third kappa shape index (κ3) is 2.92. The van der Waals surface area contributed by atoms with Gasteiger partial charge in [0.05, 0.1) is 12.7 Å². The second-order valence-corrected chi connectivity index (χ2v) is 8.35. The Morgan fingerprint density at radius 1 is 1.30 bits per heavy atom. The molecule has 0 aliphatic carbocycles. The average molecular weight is 370 g/mol. The number of likely N-dealkylation sites (tertiary alicyclic amines) is 2. The van der Waals surface area contributed by atoms with Gasteiger partial charge in [-0.1, -0.05) is 6.07 Å². The molecule has 2 aromatic rings. The third-order valence-corrected chi connectivity index (χ3v) is 6.32. The van der Waals surface area contributed by atoms with Crippen LogP contribution in [0.1, 0.15) is 23.1 Å². The molecule has 6 heteroatoms. The van der Waals surface area contributed by atoms with Gasteiger partial charge in [0.2, 0.25) is 5.91 Å². The van der Waals surface area contributed by atoms with E-state index in [-0.39, 0.29) is 18.2 Å². The van der Waals surface area contributed by atoms with Crippen molar-refractivity contribution in [3.05, 3.63) is 35.1 Å². The lowest BCUT2D eigenvalue weighted by atomic mass is 9.73. The summed E-state index contributed by atoms with van der Waals surface area (Å²) in [5.41, 5.74) is 3.07. The summed E-state index contributed by atoms with van der Waals surface area (Å²) < 4.78 is 5.67. The Morgan fingerprint density at radius 3 is 2.81 bits per heavy atom. The molecule has 0 saturated carbocycles. The summed E-state index contributed by atoms with van der Waals surface area (Å²) in [6.07, 6.45) is 2.73. The minimum atomic E-state index is -0.839. The zero-order valence-electron chi connectivity index (χ0n) is 16.1. The predicted octanol–water partition coefficient (Wildman–Crippen LogP) is 2.46. The molecule has 2 fully saturated rings. The van der Waals surface area contributed by atoms with Crippen LogP contribution in [0.4, 0.5) is 0 Å². The summed E-state index contributed by atoms with van der Waals surface area (Å²) in [4.78, 5) is 28.9. The highest BCUT2D eigenvalue weighted by atomic mass is 16.4. The smallest absolute Gasteiger partial charge is 0.313 e. The van der Waals surface area contributed by atoms with Crippen LogP contribution in [-0.4, -0.2) is 60.0 Å². The number of rotatable bonds is 3. The van der Waals surface area contributed by atoms with E-state index in [1.807, 2.05) is 27.0 Å². The number of nitrogens with zero attached hydrogens (tertiary/aromatic N) is 2. The molecule has 1 amide bonds. The molecule has 4 rings (SSSR count). The lowest BCUT2D eigenvalue weighted by molar-refractivity contribution is -0.154. The van der Waals surface area contributed by atoms with E-state index in [1.54, 1.807) is 11.2 Å². The fourth-order valence-electron chi connectivity index (χ4n) is 4.99. The zero-order valence-corrected chi connectivity index (χ0v) is 16.1. The standard InChI is InChI=1S/C21H26N2O4/c1-13-6-14(2)19-15(10-27-17(19)7-13)8-18(24)23-9-16-4-5-22(3)11-21(16,12-23)20(25)26/h6-7,10,16H,4-5,8-9,11-12H2,1-3H3,(H,25,26)/t16-,21-/m0/s1. The molecule has 144 valence electrons. The van der Waals surface area contributed by atoms with E-state index >= 15 is 0 Å². The lowest BCUT2D eigenvalue weighted by Crippen LogP contribution is -2.52. The zero-order chi connectivity index (χ0) is 19.3. The maximum atomic E-state index is 13.0. The minimum absolute atomic E-state index is 0.0182. The topological polar surface area (TPSA) is 74.0 Å². The number of hydrogen-bond acceptors (Lipinski definition) is 4. The largest absolute Gasteiger partial charge is 0.481 e. The molecule has 2 aliphatic rings. The number of fused-ring (bicyclic) bond motifs is 2. The van der Waals surface area contributed by atoms with Gasteiger partial charge in [-0.3, -0.25) is 9.59 Å². The Morgan fingerprint density at radius 2 is 2.07 bits per heavy atom. The second kappa shape index (κ2) is 6.37. The molecule has 2 aliphatic heterocycles. The molecule has 1 N–H and O–H groups in total. The molecular weight excluding hydrogens is 344 g/mol. The number of carbonyl (C=O) groups is 2. The van der Waals surface area contributed by atoms with Gasteiger partial charge >= 0.3 is 5.97 Å². The maximum Gasteiger partial charge on any atom is 0.313 e.